The molecule has 0 unspecified atom stereocenters. The van der Waals surface area contributed by atoms with Crippen molar-refractivity contribution in [1.82, 2.24) is 25.2 Å². The highest BCUT2D eigenvalue weighted by molar-refractivity contribution is 5.93. The van der Waals surface area contributed by atoms with Crippen LogP contribution < -0.4 is 15.4 Å². The van der Waals surface area contributed by atoms with Gasteiger partial charge in [0.15, 0.2) is 0 Å². The maximum atomic E-state index is 12.5. The van der Waals surface area contributed by atoms with Crippen molar-refractivity contribution in [2.75, 3.05) is 19.6 Å². The summed E-state index contributed by atoms with van der Waals surface area (Å²) >= 11 is 0. The predicted molar refractivity (Wildman–Crippen MR) is 105 cm³/mol. The third-order valence-electron chi connectivity index (χ3n) is 5.06. The van der Waals surface area contributed by atoms with Gasteiger partial charge >= 0.3 is 0 Å². The van der Waals surface area contributed by atoms with Crippen LogP contribution in [0.2, 0.25) is 0 Å². The second-order valence-corrected chi connectivity index (χ2v) is 6.96. The van der Waals surface area contributed by atoms with Crippen LogP contribution in [0.3, 0.4) is 0 Å². The zero-order valence-electron chi connectivity index (χ0n) is 15.7. The first kappa shape index (κ1) is 18.2. The molecule has 3 heterocycles. The quantitative estimate of drug-likeness (QED) is 0.689. The Kier molecular flexibility index (Phi) is 5.34. The SMILES string of the molecule is Cn1cncc1[C@@H]1CNC[C@H]1CNC(=O)c1ccc(Oc2ccccc2)nc1. The van der Waals surface area contributed by atoms with E-state index in [0.29, 0.717) is 35.6 Å². The van der Waals surface area contributed by atoms with Gasteiger partial charge in [0.2, 0.25) is 5.88 Å². The molecule has 4 rings (SSSR count). The van der Waals surface area contributed by atoms with Crippen molar-refractivity contribution in [1.29, 1.82) is 0 Å². The molecular formula is C21H23N5O2. The minimum Gasteiger partial charge on any atom is -0.439 e. The van der Waals surface area contributed by atoms with E-state index in [2.05, 4.69) is 20.6 Å². The van der Waals surface area contributed by atoms with Gasteiger partial charge in [0.05, 0.1) is 11.9 Å². The number of nitrogens with one attached hydrogen (secondary N) is 2. The zero-order valence-corrected chi connectivity index (χ0v) is 15.7. The molecule has 144 valence electrons. The first-order chi connectivity index (χ1) is 13.7. The Morgan fingerprint density at radius 3 is 2.79 bits per heavy atom. The molecule has 1 fully saturated rings. The van der Waals surface area contributed by atoms with E-state index in [1.807, 2.05) is 54.5 Å². The number of carbonyl (C=O) groups excluding carboxylic acids is 1. The molecule has 3 aromatic rings. The first-order valence-corrected chi connectivity index (χ1v) is 9.35. The Morgan fingerprint density at radius 1 is 1.21 bits per heavy atom. The number of hydrogen-bond acceptors (Lipinski definition) is 5. The fourth-order valence-electron chi connectivity index (χ4n) is 3.53. The van der Waals surface area contributed by atoms with E-state index >= 15 is 0 Å². The van der Waals surface area contributed by atoms with E-state index in [1.165, 1.54) is 5.69 Å². The Hall–Kier alpha value is -3.19. The maximum absolute atomic E-state index is 12.5. The van der Waals surface area contributed by atoms with E-state index in [1.54, 1.807) is 18.3 Å². The number of aryl methyl sites for hydroxylation is 1. The molecule has 0 radical (unpaired) electrons. The van der Waals surface area contributed by atoms with Crippen LogP contribution in [-0.2, 0) is 7.05 Å². The van der Waals surface area contributed by atoms with Crippen LogP contribution in [0, 0.1) is 5.92 Å². The monoisotopic (exact) mass is 377 g/mol. The summed E-state index contributed by atoms with van der Waals surface area (Å²) in [5.41, 5.74) is 1.71. The van der Waals surface area contributed by atoms with Gasteiger partial charge in [0, 0.05) is 56.8 Å². The van der Waals surface area contributed by atoms with Crippen molar-refractivity contribution in [3.05, 3.63) is 72.4 Å². The van der Waals surface area contributed by atoms with Gasteiger partial charge < -0.3 is 19.9 Å². The zero-order chi connectivity index (χ0) is 19.3. The number of rotatable bonds is 6. The summed E-state index contributed by atoms with van der Waals surface area (Å²) in [4.78, 5) is 20.9. The molecule has 1 saturated heterocycles. The molecule has 2 aromatic heterocycles. The largest absolute Gasteiger partial charge is 0.439 e. The van der Waals surface area contributed by atoms with Crippen LogP contribution in [0.15, 0.2) is 61.2 Å². The second-order valence-electron chi connectivity index (χ2n) is 6.96. The number of nitrogens with zero attached hydrogens (tertiary/aromatic N) is 3. The van der Waals surface area contributed by atoms with Crippen LogP contribution >= 0.6 is 0 Å². The summed E-state index contributed by atoms with van der Waals surface area (Å²) in [5, 5.41) is 6.44. The van der Waals surface area contributed by atoms with Gasteiger partial charge in [-0.3, -0.25) is 4.79 Å². The van der Waals surface area contributed by atoms with Crippen molar-refractivity contribution in [2.45, 2.75) is 5.92 Å². The van der Waals surface area contributed by atoms with Crippen molar-refractivity contribution in [3.63, 3.8) is 0 Å². The Bertz CT molecular complexity index is 923. The molecule has 1 amide bonds. The Labute approximate surface area is 163 Å². The average Bonchev–Trinajstić information content (AvgIpc) is 3.35. The topological polar surface area (TPSA) is 81.1 Å². The average molecular weight is 377 g/mol. The van der Waals surface area contributed by atoms with E-state index in [0.717, 1.165) is 13.1 Å². The Balaban J connectivity index is 1.34. The third-order valence-corrected chi connectivity index (χ3v) is 5.06. The fraction of sp³-hybridized carbons (Fsp3) is 0.286. The lowest BCUT2D eigenvalue weighted by Gasteiger charge is -2.19. The van der Waals surface area contributed by atoms with Crippen LogP contribution in [0.5, 0.6) is 11.6 Å². The molecular weight excluding hydrogens is 354 g/mol. The molecule has 2 atom stereocenters. The van der Waals surface area contributed by atoms with Gasteiger partial charge in [-0.15, -0.1) is 0 Å². The maximum Gasteiger partial charge on any atom is 0.252 e. The lowest BCUT2D eigenvalue weighted by molar-refractivity contribution is 0.0946. The van der Waals surface area contributed by atoms with Gasteiger partial charge in [-0.25, -0.2) is 9.97 Å². The molecule has 0 aliphatic carbocycles. The fourth-order valence-corrected chi connectivity index (χ4v) is 3.53. The van der Waals surface area contributed by atoms with Crippen LogP contribution in [0.1, 0.15) is 22.0 Å². The molecule has 1 aliphatic rings. The number of aromatic nitrogens is 3. The standard InChI is InChI=1S/C21H23N5O2/c1-26-14-23-13-19(26)18-12-22-9-16(18)11-25-21(27)15-7-8-20(24-10-15)28-17-5-3-2-4-6-17/h2-8,10,13-14,16,18,22H,9,11-12H2,1H3,(H,25,27)/t16-,18+/m0/s1. The molecule has 1 aliphatic heterocycles. The van der Waals surface area contributed by atoms with Gasteiger partial charge in [-0.1, -0.05) is 18.2 Å². The van der Waals surface area contributed by atoms with Crippen molar-refractivity contribution < 1.29 is 9.53 Å². The summed E-state index contributed by atoms with van der Waals surface area (Å²) < 4.78 is 7.71. The van der Waals surface area contributed by atoms with Gasteiger partial charge in [-0.05, 0) is 24.1 Å². The minimum absolute atomic E-state index is 0.130. The van der Waals surface area contributed by atoms with E-state index in [9.17, 15) is 4.79 Å². The van der Waals surface area contributed by atoms with E-state index in [-0.39, 0.29) is 5.91 Å². The number of ether oxygens (including phenoxy) is 1. The number of para-hydroxylation sites is 1. The summed E-state index contributed by atoms with van der Waals surface area (Å²) in [6.07, 6.45) is 5.26. The first-order valence-electron chi connectivity index (χ1n) is 9.35. The number of pyridine rings is 1. The van der Waals surface area contributed by atoms with E-state index in [4.69, 9.17) is 4.74 Å². The molecule has 7 heteroatoms. The summed E-state index contributed by atoms with van der Waals surface area (Å²) in [6, 6.07) is 12.9. The molecule has 0 spiro atoms. The summed E-state index contributed by atoms with van der Waals surface area (Å²) in [5.74, 6) is 1.70. The van der Waals surface area contributed by atoms with Gasteiger partial charge in [0.25, 0.3) is 5.91 Å². The summed E-state index contributed by atoms with van der Waals surface area (Å²) in [6.45, 7) is 2.37. The van der Waals surface area contributed by atoms with Gasteiger partial charge in [0.1, 0.15) is 5.75 Å². The molecule has 28 heavy (non-hydrogen) atoms. The third kappa shape index (κ3) is 4.04. The van der Waals surface area contributed by atoms with Crippen LogP contribution in [0.25, 0.3) is 0 Å². The lowest BCUT2D eigenvalue weighted by atomic mass is 9.93. The molecule has 7 nitrogen and oxygen atoms in total. The number of amides is 1. The lowest BCUT2D eigenvalue weighted by Crippen LogP contribution is -2.32. The minimum atomic E-state index is -0.130. The van der Waals surface area contributed by atoms with Gasteiger partial charge in [-0.2, -0.15) is 0 Å². The molecule has 2 N–H and O–H groups in total. The normalized spacial score (nSPS) is 18.8. The van der Waals surface area contributed by atoms with Crippen molar-refractivity contribution >= 4 is 5.91 Å². The van der Waals surface area contributed by atoms with E-state index < -0.39 is 0 Å². The highest BCUT2D eigenvalue weighted by atomic mass is 16.5. The Morgan fingerprint density at radius 2 is 2.07 bits per heavy atom. The molecule has 0 bridgehead atoms. The molecule has 1 aromatic carbocycles. The van der Waals surface area contributed by atoms with Crippen LogP contribution in [-0.4, -0.2) is 40.1 Å². The van der Waals surface area contributed by atoms with Crippen molar-refractivity contribution in [2.24, 2.45) is 13.0 Å². The molecule has 0 saturated carbocycles. The highest BCUT2D eigenvalue weighted by Gasteiger charge is 2.30. The number of benzene rings is 1. The number of imidazole rings is 1. The smallest absolute Gasteiger partial charge is 0.252 e. The summed E-state index contributed by atoms with van der Waals surface area (Å²) in [7, 11) is 2.00. The number of hydrogen-bond donors (Lipinski definition) is 2. The highest BCUT2D eigenvalue weighted by Crippen LogP contribution is 2.27. The number of carbonyl (C=O) groups is 1. The predicted octanol–water partition coefficient (Wildman–Crippen LogP) is 2.34. The second kappa shape index (κ2) is 8.22. The van der Waals surface area contributed by atoms with Crippen LogP contribution in [0.4, 0.5) is 0 Å². The van der Waals surface area contributed by atoms with Crippen molar-refractivity contribution in [3.8, 4) is 11.6 Å².